The maximum Gasteiger partial charge on any atom is 0.519 e. The minimum atomic E-state index is -0.911. The van der Waals surface area contributed by atoms with Crippen molar-refractivity contribution in [2.45, 2.75) is 55.6 Å². The van der Waals surface area contributed by atoms with Gasteiger partial charge in [0, 0.05) is 4.75 Å². The van der Waals surface area contributed by atoms with Gasteiger partial charge in [0.15, 0.2) is 18.1 Å². The van der Waals surface area contributed by atoms with Gasteiger partial charge in [-0.25, -0.2) is 9.59 Å². The molecule has 0 bridgehead atoms. The summed E-state index contributed by atoms with van der Waals surface area (Å²) in [6.45, 7) is 4.89. The standard InChI is InChI=1S/C21H23N3O7S.ClH/c1-10-12(31-20(28)30-10)9-29-19(27)15-21(2,3)32-18-14(17(26)24(15)18)23-16(25)13(22)11-7-5-4-6-8-11;/h4-8,13-15,18H,9,22H2,1-3H3,(H,23,25);1H. The number of nitrogens with zero attached hydrogens (tertiary/aromatic N) is 1. The van der Waals surface area contributed by atoms with E-state index in [4.69, 9.17) is 19.3 Å². The van der Waals surface area contributed by atoms with Crippen molar-refractivity contribution in [3.63, 3.8) is 0 Å². The smallest absolute Gasteiger partial charge is 0.456 e. The molecule has 4 atom stereocenters. The molecule has 1 aromatic carbocycles. The molecule has 0 spiro atoms. The maximum atomic E-state index is 12.8. The summed E-state index contributed by atoms with van der Waals surface area (Å²) in [6, 6.07) is 6.30. The van der Waals surface area contributed by atoms with Gasteiger partial charge in [-0.2, -0.15) is 0 Å². The highest BCUT2D eigenvalue weighted by atomic mass is 35.5. The van der Waals surface area contributed by atoms with Gasteiger partial charge in [-0.3, -0.25) is 9.59 Å². The first-order valence-corrected chi connectivity index (χ1v) is 10.8. The lowest BCUT2D eigenvalue weighted by Crippen LogP contribution is -2.71. The Balaban J connectivity index is 0.00000306. The first-order valence-electron chi connectivity index (χ1n) is 9.97. The van der Waals surface area contributed by atoms with Crippen LogP contribution in [-0.4, -0.2) is 44.9 Å². The van der Waals surface area contributed by atoms with Crippen LogP contribution in [-0.2, 0) is 25.7 Å². The third-order valence-corrected chi connectivity index (χ3v) is 7.16. The lowest BCUT2D eigenvalue weighted by atomic mass is 9.95. The van der Waals surface area contributed by atoms with Gasteiger partial charge in [0.25, 0.3) is 0 Å². The Kier molecular flexibility index (Phi) is 6.96. The van der Waals surface area contributed by atoms with Crippen molar-refractivity contribution in [3.8, 4) is 0 Å². The molecule has 12 heteroatoms. The Labute approximate surface area is 199 Å². The lowest BCUT2D eigenvalue weighted by molar-refractivity contribution is -0.165. The number of amides is 2. The summed E-state index contributed by atoms with van der Waals surface area (Å²) in [5, 5.41) is 2.29. The second-order valence-electron chi connectivity index (χ2n) is 8.18. The largest absolute Gasteiger partial charge is 0.519 e. The van der Waals surface area contributed by atoms with Crippen molar-refractivity contribution in [2.24, 2.45) is 5.73 Å². The molecular formula is C21H24ClN3O7S. The van der Waals surface area contributed by atoms with Crippen molar-refractivity contribution >= 4 is 42.0 Å². The van der Waals surface area contributed by atoms with E-state index in [2.05, 4.69) is 5.32 Å². The first kappa shape index (κ1) is 24.9. The molecule has 2 aliphatic heterocycles. The van der Waals surface area contributed by atoms with Crippen LogP contribution in [0.25, 0.3) is 0 Å². The Morgan fingerprint density at radius 3 is 2.52 bits per heavy atom. The number of hydrogen-bond donors (Lipinski definition) is 2. The molecule has 2 fully saturated rings. The van der Waals surface area contributed by atoms with E-state index >= 15 is 0 Å². The summed E-state index contributed by atoms with van der Waals surface area (Å²) >= 11 is 1.40. The van der Waals surface area contributed by atoms with Crippen LogP contribution in [0.4, 0.5) is 0 Å². The summed E-state index contributed by atoms with van der Waals surface area (Å²) in [6.07, 6.45) is 0. The fourth-order valence-electron chi connectivity index (χ4n) is 3.90. The van der Waals surface area contributed by atoms with Crippen LogP contribution in [0.15, 0.2) is 44.0 Å². The Morgan fingerprint density at radius 2 is 1.91 bits per heavy atom. The van der Waals surface area contributed by atoms with E-state index in [-0.39, 0.29) is 36.4 Å². The van der Waals surface area contributed by atoms with Crippen molar-refractivity contribution in [1.82, 2.24) is 10.2 Å². The molecule has 33 heavy (non-hydrogen) atoms. The number of rotatable bonds is 6. The lowest BCUT2D eigenvalue weighted by Gasteiger charge is -2.44. The Bertz CT molecular complexity index is 1120. The zero-order valence-electron chi connectivity index (χ0n) is 18.1. The third-order valence-electron chi connectivity index (χ3n) is 5.58. The molecule has 178 valence electrons. The van der Waals surface area contributed by atoms with Crippen LogP contribution < -0.4 is 16.9 Å². The first-order chi connectivity index (χ1) is 15.1. The number of carbonyl (C=O) groups is 3. The van der Waals surface area contributed by atoms with E-state index in [9.17, 15) is 19.2 Å². The minimum absolute atomic E-state index is 0. The number of halogens is 1. The van der Waals surface area contributed by atoms with Gasteiger partial charge in [-0.15, -0.1) is 24.2 Å². The SMILES string of the molecule is Cc1oc(=O)oc1COC(=O)C1N2C(=O)C(NC(=O)C(N)c3ccccc3)C2SC1(C)C.Cl. The van der Waals surface area contributed by atoms with Crippen molar-refractivity contribution < 1.29 is 28.0 Å². The Hall–Kier alpha value is -2.76. The number of β-lactam (4-membered cyclic amide) rings is 1. The van der Waals surface area contributed by atoms with E-state index in [1.165, 1.54) is 23.6 Å². The van der Waals surface area contributed by atoms with Crippen LogP contribution in [0, 0.1) is 6.92 Å². The van der Waals surface area contributed by atoms with Crippen LogP contribution in [0.1, 0.15) is 37.0 Å². The number of thioether (sulfide) groups is 1. The molecule has 2 aliphatic rings. The molecule has 4 rings (SSSR count). The number of aryl methyl sites for hydroxylation is 1. The van der Waals surface area contributed by atoms with Gasteiger partial charge in [-0.1, -0.05) is 30.3 Å². The minimum Gasteiger partial charge on any atom is -0.456 e. The van der Waals surface area contributed by atoms with Crippen molar-refractivity contribution in [3.05, 3.63) is 58.0 Å². The average molecular weight is 498 g/mol. The number of nitrogens with two attached hydrogens (primary N) is 1. The fraction of sp³-hybridized carbons (Fsp3) is 0.429. The predicted molar refractivity (Wildman–Crippen MR) is 120 cm³/mol. The van der Waals surface area contributed by atoms with Gasteiger partial charge in [-0.05, 0) is 26.3 Å². The maximum absolute atomic E-state index is 12.8. The van der Waals surface area contributed by atoms with Gasteiger partial charge in [0.2, 0.25) is 11.8 Å². The number of nitrogens with one attached hydrogen (secondary N) is 1. The van der Waals surface area contributed by atoms with Crippen molar-refractivity contribution in [2.75, 3.05) is 0 Å². The molecule has 3 heterocycles. The molecule has 2 saturated heterocycles. The normalized spacial score (nSPS) is 23.7. The molecule has 10 nitrogen and oxygen atoms in total. The topological polar surface area (TPSA) is 145 Å². The molecule has 0 saturated carbocycles. The third kappa shape index (κ3) is 4.53. The zero-order valence-corrected chi connectivity index (χ0v) is 19.7. The monoisotopic (exact) mass is 497 g/mol. The number of esters is 1. The van der Waals surface area contributed by atoms with E-state index in [0.29, 0.717) is 5.56 Å². The fourth-order valence-corrected chi connectivity index (χ4v) is 5.52. The highest BCUT2D eigenvalue weighted by Crippen LogP contribution is 2.51. The van der Waals surface area contributed by atoms with Gasteiger partial charge in [0.05, 0.1) is 0 Å². The highest BCUT2D eigenvalue weighted by molar-refractivity contribution is 8.01. The number of hydrogen-bond acceptors (Lipinski definition) is 9. The quantitative estimate of drug-likeness (QED) is 0.444. The molecular weight excluding hydrogens is 474 g/mol. The molecule has 2 amide bonds. The molecule has 2 aromatic rings. The molecule has 0 radical (unpaired) electrons. The molecule has 3 N–H and O–H groups in total. The molecule has 1 aromatic heterocycles. The summed E-state index contributed by atoms with van der Waals surface area (Å²) in [5.74, 6) is -2.03. The number of ether oxygens (including phenoxy) is 1. The summed E-state index contributed by atoms with van der Waals surface area (Å²) in [4.78, 5) is 50.8. The number of benzene rings is 1. The second-order valence-corrected chi connectivity index (χ2v) is 9.95. The van der Waals surface area contributed by atoms with Crippen LogP contribution in [0.5, 0.6) is 0 Å². The van der Waals surface area contributed by atoms with E-state index in [1.807, 2.05) is 19.9 Å². The van der Waals surface area contributed by atoms with E-state index in [0.717, 1.165) is 0 Å². The van der Waals surface area contributed by atoms with E-state index in [1.54, 1.807) is 24.3 Å². The highest BCUT2D eigenvalue weighted by Gasteiger charge is 2.64. The summed E-state index contributed by atoms with van der Waals surface area (Å²) in [7, 11) is 0. The van der Waals surface area contributed by atoms with Crippen LogP contribution in [0.2, 0.25) is 0 Å². The second kappa shape index (κ2) is 9.24. The number of fused-ring (bicyclic) bond motifs is 1. The molecule has 0 aliphatic carbocycles. The molecule has 4 unspecified atom stereocenters. The number of carbonyl (C=O) groups excluding carboxylic acids is 3. The van der Waals surface area contributed by atoms with Crippen LogP contribution >= 0.6 is 24.2 Å². The predicted octanol–water partition coefficient (Wildman–Crippen LogP) is 1.25. The zero-order chi connectivity index (χ0) is 23.2. The van der Waals surface area contributed by atoms with Gasteiger partial charge >= 0.3 is 11.8 Å². The van der Waals surface area contributed by atoms with Crippen molar-refractivity contribution in [1.29, 1.82) is 0 Å². The van der Waals surface area contributed by atoms with E-state index < -0.39 is 45.9 Å². The summed E-state index contributed by atoms with van der Waals surface area (Å²) in [5.41, 5.74) is 6.66. The van der Waals surface area contributed by atoms with Gasteiger partial charge in [0.1, 0.15) is 23.5 Å². The van der Waals surface area contributed by atoms with Crippen LogP contribution in [0.3, 0.4) is 0 Å². The van der Waals surface area contributed by atoms with Gasteiger partial charge < -0.3 is 29.5 Å². The summed E-state index contributed by atoms with van der Waals surface area (Å²) < 4.78 is 14.2. The average Bonchev–Trinajstić information content (AvgIpc) is 3.22. The Morgan fingerprint density at radius 1 is 1.24 bits per heavy atom.